The van der Waals surface area contributed by atoms with Gasteiger partial charge in [-0.2, -0.15) is 0 Å². The molecular formula is C11H21NO2. The molecule has 14 heavy (non-hydrogen) atoms. The zero-order valence-electron chi connectivity index (χ0n) is 8.80. The van der Waals surface area contributed by atoms with E-state index in [0.717, 1.165) is 32.5 Å². The van der Waals surface area contributed by atoms with E-state index < -0.39 is 0 Å². The molecule has 2 rings (SSSR count). The van der Waals surface area contributed by atoms with Gasteiger partial charge in [-0.1, -0.05) is 6.42 Å². The van der Waals surface area contributed by atoms with Crippen molar-refractivity contribution >= 4 is 0 Å². The lowest BCUT2D eigenvalue weighted by atomic mass is 9.82. The molecular weight excluding hydrogens is 178 g/mol. The number of nitrogens with one attached hydrogen (secondary N) is 1. The number of hydrogen-bond acceptors (Lipinski definition) is 3. The summed E-state index contributed by atoms with van der Waals surface area (Å²) in [6, 6.07) is 0.708. The van der Waals surface area contributed by atoms with Gasteiger partial charge in [0.15, 0.2) is 0 Å². The van der Waals surface area contributed by atoms with E-state index in [-0.39, 0.29) is 5.54 Å². The molecule has 0 aromatic heterocycles. The molecule has 0 aromatic rings. The monoisotopic (exact) mass is 199 g/mol. The van der Waals surface area contributed by atoms with E-state index in [0.29, 0.717) is 12.6 Å². The molecule has 1 saturated carbocycles. The van der Waals surface area contributed by atoms with Gasteiger partial charge in [0.05, 0.1) is 0 Å². The molecule has 2 N–H and O–H groups in total. The maximum Gasteiger partial charge on any atom is 0.0483 e. The van der Waals surface area contributed by atoms with Gasteiger partial charge in [-0.3, -0.25) is 0 Å². The second kappa shape index (κ2) is 4.60. The average Bonchev–Trinajstić information content (AvgIpc) is 2.14. The molecule has 3 heteroatoms. The first-order chi connectivity index (χ1) is 6.85. The first kappa shape index (κ1) is 10.4. The molecule has 0 radical (unpaired) electrons. The van der Waals surface area contributed by atoms with Crippen molar-refractivity contribution in [2.24, 2.45) is 0 Å². The Morgan fingerprint density at radius 3 is 2.50 bits per heavy atom. The zero-order chi connectivity index (χ0) is 9.86. The van der Waals surface area contributed by atoms with E-state index in [4.69, 9.17) is 9.84 Å². The molecule has 82 valence electrons. The van der Waals surface area contributed by atoms with Crippen LogP contribution >= 0.6 is 0 Å². The Hall–Kier alpha value is -0.120. The lowest BCUT2D eigenvalue weighted by molar-refractivity contribution is 0.0172. The largest absolute Gasteiger partial charge is 0.396 e. The van der Waals surface area contributed by atoms with Gasteiger partial charge < -0.3 is 15.2 Å². The van der Waals surface area contributed by atoms with Gasteiger partial charge in [-0.05, 0) is 32.1 Å². The number of rotatable bonds is 4. The fourth-order valence-corrected chi connectivity index (χ4v) is 2.43. The maximum atomic E-state index is 9.11. The Labute approximate surface area is 85.8 Å². The number of aliphatic hydroxyl groups excluding tert-OH is 1. The van der Waals surface area contributed by atoms with Crippen LogP contribution in [0.15, 0.2) is 0 Å². The van der Waals surface area contributed by atoms with Crippen LogP contribution in [-0.4, -0.2) is 36.5 Å². The van der Waals surface area contributed by atoms with Crippen molar-refractivity contribution < 1.29 is 9.84 Å². The Bertz CT molecular complexity index is 169. The summed E-state index contributed by atoms with van der Waals surface area (Å²) in [7, 11) is 0. The Balaban J connectivity index is 1.89. The van der Waals surface area contributed by atoms with E-state index in [1.165, 1.54) is 19.3 Å². The van der Waals surface area contributed by atoms with Gasteiger partial charge in [-0.25, -0.2) is 0 Å². The molecule has 1 aliphatic heterocycles. The highest BCUT2D eigenvalue weighted by Crippen LogP contribution is 2.29. The summed E-state index contributed by atoms with van der Waals surface area (Å²) in [6.45, 7) is 1.99. The van der Waals surface area contributed by atoms with Gasteiger partial charge in [0.25, 0.3) is 0 Å². The maximum absolute atomic E-state index is 9.11. The predicted octanol–water partition coefficient (Wildman–Crippen LogP) is 1.06. The molecule has 0 atom stereocenters. The second-order valence-electron chi connectivity index (χ2n) is 4.64. The molecule has 1 saturated heterocycles. The van der Waals surface area contributed by atoms with Crippen LogP contribution in [0.1, 0.15) is 38.5 Å². The van der Waals surface area contributed by atoms with Crippen LogP contribution in [0.5, 0.6) is 0 Å². The highest BCUT2D eigenvalue weighted by atomic mass is 16.5. The first-order valence-electron chi connectivity index (χ1n) is 5.81. The number of hydrogen-bond donors (Lipinski definition) is 2. The zero-order valence-corrected chi connectivity index (χ0v) is 8.80. The third kappa shape index (κ3) is 2.27. The minimum Gasteiger partial charge on any atom is -0.396 e. The van der Waals surface area contributed by atoms with E-state index in [1.54, 1.807) is 0 Å². The quantitative estimate of drug-likeness (QED) is 0.711. The molecule has 0 unspecified atom stereocenters. The van der Waals surface area contributed by atoms with Crippen molar-refractivity contribution in [1.29, 1.82) is 0 Å². The molecule has 0 bridgehead atoms. The number of aliphatic hydroxyl groups is 1. The molecule has 0 amide bonds. The topological polar surface area (TPSA) is 41.5 Å². The van der Waals surface area contributed by atoms with Gasteiger partial charge in [0.1, 0.15) is 0 Å². The van der Waals surface area contributed by atoms with Crippen LogP contribution in [0.3, 0.4) is 0 Å². The molecule has 3 nitrogen and oxygen atoms in total. The van der Waals surface area contributed by atoms with Crippen molar-refractivity contribution in [1.82, 2.24) is 5.32 Å². The SMILES string of the molecule is OCCC1(NC2CCC2)CCOCC1. The molecule has 1 heterocycles. The molecule has 0 spiro atoms. The van der Waals surface area contributed by atoms with Crippen molar-refractivity contribution in [3.05, 3.63) is 0 Å². The summed E-state index contributed by atoms with van der Waals surface area (Å²) < 4.78 is 5.38. The summed E-state index contributed by atoms with van der Waals surface area (Å²) >= 11 is 0. The average molecular weight is 199 g/mol. The number of ether oxygens (including phenoxy) is 1. The van der Waals surface area contributed by atoms with E-state index in [2.05, 4.69) is 5.32 Å². The lowest BCUT2D eigenvalue weighted by Gasteiger charge is -2.43. The molecule has 0 aromatic carbocycles. The summed E-state index contributed by atoms with van der Waals surface area (Å²) in [4.78, 5) is 0. The van der Waals surface area contributed by atoms with Crippen LogP contribution in [0.4, 0.5) is 0 Å². The van der Waals surface area contributed by atoms with E-state index in [9.17, 15) is 0 Å². The van der Waals surface area contributed by atoms with Crippen molar-refractivity contribution in [3.63, 3.8) is 0 Å². The highest BCUT2D eigenvalue weighted by Gasteiger charge is 2.35. The van der Waals surface area contributed by atoms with Crippen molar-refractivity contribution in [2.75, 3.05) is 19.8 Å². The smallest absolute Gasteiger partial charge is 0.0483 e. The van der Waals surface area contributed by atoms with E-state index in [1.807, 2.05) is 0 Å². The Kier molecular flexibility index (Phi) is 3.42. The third-order valence-electron chi connectivity index (χ3n) is 3.66. The fourth-order valence-electron chi connectivity index (χ4n) is 2.43. The summed E-state index contributed by atoms with van der Waals surface area (Å²) in [5, 5.41) is 12.8. The Morgan fingerprint density at radius 2 is 2.00 bits per heavy atom. The third-order valence-corrected chi connectivity index (χ3v) is 3.66. The second-order valence-corrected chi connectivity index (χ2v) is 4.64. The van der Waals surface area contributed by atoms with Crippen LogP contribution in [0.2, 0.25) is 0 Å². The van der Waals surface area contributed by atoms with Gasteiger partial charge >= 0.3 is 0 Å². The predicted molar refractivity (Wildman–Crippen MR) is 55.3 cm³/mol. The minimum absolute atomic E-state index is 0.179. The summed E-state index contributed by atoms with van der Waals surface area (Å²) in [5.41, 5.74) is 0.179. The van der Waals surface area contributed by atoms with E-state index >= 15 is 0 Å². The van der Waals surface area contributed by atoms with Crippen LogP contribution in [0, 0.1) is 0 Å². The van der Waals surface area contributed by atoms with Crippen LogP contribution in [-0.2, 0) is 4.74 Å². The minimum atomic E-state index is 0.179. The lowest BCUT2D eigenvalue weighted by Crippen LogP contribution is -2.55. The van der Waals surface area contributed by atoms with Crippen LogP contribution in [0.25, 0.3) is 0 Å². The standard InChI is InChI=1S/C11H21NO2/c13-7-4-11(5-8-14-9-6-11)12-10-2-1-3-10/h10,12-13H,1-9H2. The summed E-state index contributed by atoms with van der Waals surface area (Å²) in [6.07, 6.45) is 6.99. The molecule has 2 fully saturated rings. The van der Waals surface area contributed by atoms with Crippen molar-refractivity contribution in [3.8, 4) is 0 Å². The molecule has 2 aliphatic rings. The van der Waals surface area contributed by atoms with Crippen molar-refractivity contribution in [2.45, 2.75) is 50.1 Å². The Morgan fingerprint density at radius 1 is 1.29 bits per heavy atom. The summed E-state index contributed by atoms with van der Waals surface area (Å²) in [5.74, 6) is 0. The first-order valence-corrected chi connectivity index (χ1v) is 5.81. The normalized spacial score (nSPS) is 27.2. The van der Waals surface area contributed by atoms with Crippen LogP contribution < -0.4 is 5.32 Å². The molecule has 1 aliphatic carbocycles. The van der Waals surface area contributed by atoms with Gasteiger partial charge in [-0.15, -0.1) is 0 Å². The fraction of sp³-hybridized carbons (Fsp3) is 1.00. The van der Waals surface area contributed by atoms with Gasteiger partial charge in [0, 0.05) is 31.4 Å². The highest BCUT2D eigenvalue weighted by molar-refractivity contribution is 4.94. The van der Waals surface area contributed by atoms with Gasteiger partial charge in [0.2, 0.25) is 0 Å².